The summed E-state index contributed by atoms with van der Waals surface area (Å²) in [6.07, 6.45) is 3.75. The van der Waals surface area contributed by atoms with Crippen molar-refractivity contribution in [2.45, 2.75) is 33.3 Å². The quantitative estimate of drug-likeness (QED) is 0.517. The van der Waals surface area contributed by atoms with Gasteiger partial charge >= 0.3 is 0 Å². The summed E-state index contributed by atoms with van der Waals surface area (Å²) in [6.45, 7) is 4.74. The van der Waals surface area contributed by atoms with E-state index in [0.717, 1.165) is 18.4 Å². The van der Waals surface area contributed by atoms with Crippen LogP contribution in [0.3, 0.4) is 0 Å². The Balaban J connectivity index is 2.40. The van der Waals surface area contributed by atoms with Crippen molar-refractivity contribution in [1.82, 2.24) is 0 Å². The predicted octanol–water partition coefficient (Wildman–Crippen LogP) is 3.16. The van der Waals surface area contributed by atoms with E-state index in [2.05, 4.69) is 36.3 Å². The van der Waals surface area contributed by atoms with Crippen LogP contribution in [0.15, 0.2) is 29.4 Å². The van der Waals surface area contributed by atoms with Crippen LogP contribution < -0.4 is 0 Å². The molecule has 0 heterocycles. The minimum absolute atomic E-state index is 0.556. The van der Waals surface area contributed by atoms with Gasteiger partial charge in [-0.25, -0.2) is 0 Å². The monoisotopic (exact) mass is 191 g/mol. The van der Waals surface area contributed by atoms with Crippen LogP contribution in [-0.4, -0.2) is 6.21 Å². The van der Waals surface area contributed by atoms with Crippen LogP contribution in [0.5, 0.6) is 0 Å². The Bertz CT molecular complexity index is 277. The second kappa shape index (κ2) is 6.19. The van der Waals surface area contributed by atoms with E-state index in [1.54, 1.807) is 6.21 Å². The maximum Gasteiger partial charge on any atom is 0.142 e. The summed E-state index contributed by atoms with van der Waals surface area (Å²) in [7, 11) is 0. The van der Waals surface area contributed by atoms with Crippen LogP contribution >= 0.6 is 0 Å². The number of rotatable bonds is 5. The maximum absolute atomic E-state index is 5.10. The third-order valence-corrected chi connectivity index (χ3v) is 1.99. The summed E-state index contributed by atoms with van der Waals surface area (Å²) < 4.78 is 0. The van der Waals surface area contributed by atoms with Gasteiger partial charge in [0, 0.05) is 6.21 Å². The third kappa shape index (κ3) is 3.60. The average molecular weight is 191 g/mol. The number of benzene rings is 1. The molecule has 1 aromatic carbocycles. The molecule has 14 heavy (non-hydrogen) atoms. The van der Waals surface area contributed by atoms with E-state index in [1.807, 2.05) is 6.92 Å². The lowest BCUT2D eigenvalue weighted by Gasteiger charge is -2.01. The third-order valence-electron chi connectivity index (χ3n) is 1.99. The van der Waals surface area contributed by atoms with Crippen molar-refractivity contribution < 1.29 is 4.84 Å². The minimum Gasteiger partial charge on any atom is -0.391 e. The molecule has 0 saturated heterocycles. The first-order valence-electron chi connectivity index (χ1n) is 5.08. The summed E-state index contributed by atoms with van der Waals surface area (Å²) in [6, 6.07) is 8.42. The van der Waals surface area contributed by atoms with Gasteiger partial charge in [0.2, 0.25) is 0 Å². The maximum atomic E-state index is 5.10. The van der Waals surface area contributed by atoms with Gasteiger partial charge in [0.05, 0.1) is 0 Å². The molecule has 0 aliphatic heterocycles. The van der Waals surface area contributed by atoms with E-state index in [0.29, 0.717) is 6.61 Å². The van der Waals surface area contributed by atoms with E-state index in [4.69, 9.17) is 4.84 Å². The normalized spacial score (nSPS) is 10.7. The summed E-state index contributed by atoms with van der Waals surface area (Å²) in [5.74, 6) is 0. The molecule has 2 heteroatoms. The largest absolute Gasteiger partial charge is 0.391 e. The van der Waals surface area contributed by atoms with Gasteiger partial charge in [-0.1, -0.05) is 43.3 Å². The van der Waals surface area contributed by atoms with Gasteiger partial charge in [0.1, 0.15) is 6.61 Å². The average Bonchev–Trinajstić information content (AvgIpc) is 2.25. The summed E-state index contributed by atoms with van der Waals surface area (Å²) in [5.41, 5.74) is 2.52. The second-order valence-electron chi connectivity index (χ2n) is 3.14. The Morgan fingerprint density at radius 2 is 1.79 bits per heavy atom. The molecular formula is C12H17NO. The van der Waals surface area contributed by atoms with Crippen LogP contribution in [0.1, 0.15) is 31.4 Å². The summed E-state index contributed by atoms with van der Waals surface area (Å²) in [4.78, 5) is 5.10. The molecule has 76 valence electrons. The Kier molecular flexibility index (Phi) is 4.76. The smallest absolute Gasteiger partial charge is 0.142 e. The number of oxime groups is 1. The molecule has 0 aliphatic rings. The Labute approximate surface area is 85.6 Å². The van der Waals surface area contributed by atoms with Crippen LogP contribution in [-0.2, 0) is 17.9 Å². The van der Waals surface area contributed by atoms with Crippen molar-refractivity contribution >= 4 is 6.21 Å². The highest BCUT2D eigenvalue weighted by molar-refractivity contribution is 5.55. The molecule has 0 aromatic heterocycles. The fourth-order valence-corrected chi connectivity index (χ4v) is 1.11. The van der Waals surface area contributed by atoms with E-state index >= 15 is 0 Å². The van der Waals surface area contributed by atoms with Crippen molar-refractivity contribution in [2.24, 2.45) is 5.16 Å². The van der Waals surface area contributed by atoms with Crippen LogP contribution in [0.2, 0.25) is 0 Å². The fraction of sp³-hybridized carbons (Fsp3) is 0.417. The Hall–Kier alpha value is -1.31. The Morgan fingerprint density at radius 3 is 2.36 bits per heavy atom. The first kappa shape index (κ1) is 10.8. The van der Waals surface area contributed by atoms with Crippen molar-refractivity contribution in [2.75, 3.05) is 0 Å². The zero-order chi connectivity index (χ0) is 10.2. The molecule has 0 unspecified atom stereocenters. The highest BCUT2D eigenvalue weighted by Crippen LogP contribution is 2.06. The molecule has 0 N–H and O–H groups in total. The molecule has 0 atom stereocenters. The fourth-order valence-electron chi connectivity index (χ4n) is 1.11. The van der Waals surface area contributed by atoms with Crippen molar-refractivity contribution in [3.8, 4) is 0 Å². The van der Waals surface area contributed by atoms with Gasteiger partial charge in [-0.2, -0.15) is 0 Å². The highest BCUT2D eigenvalue weighted by Gasteiger charge is 1.92. The molecule has 0 spiro atoms. The summed E-state index contributed by atoms with van der Waals surface area (Å²) >= 11 is 0. The lowest BCUT2D eigenvalue weighted by atomic mass is 10.1. The molecular weight excluding hydrogens is 174 g/mol. The lowest BCUT2D eigenvalue weighted by Crippen LogP contribution is -1.88. The van der Waals surface area contributed by atoms with Crippen LogP contribution in [0.4, 0.5) is 0 Å². The van der Waals surface area contributed by atoms with Crippen molar-refractivity contribution in [1.29, 1.82) is 0 Å². The molecule has 0 bridgehead atoms. The van der Waals surface area contributed by atoms with Crippen LogP contribution in [0.25, 0.3) is 0 Å². The first-order chi connectivity index (χ1) is 6.86. The zero-order valence-electron chi connectivity index (χ0n) is 8.86. The van der Waals surface area contributed by atoms with E-state index in [9.17, 15) is 0 Å². The summed E-state index contributed by atoms with van der Waals surface area (Å²) in [5, 5.41) is 3.80. The van der Waals surface area contributed by atoms with Gasteiger partial charge in [-0.05, 0) is 24.0 Å². The van der Waals surface area contributed by atoms with Gasteiger partial charge in [-0.3, -0.25) is 0 Å². The van der Waals surface area contributed by atoms with E-state index in [1.165, 1.54) is 5.56 Å². The van der Waals surface area contributed by atoms with E-state index < -0.39 is 0 Å². The van der Waals surface area contributed by atoms with Gasteiger partial charge in [0.25, 0.3) is 0 Å². The minimum atomic E-state index is 0.556. The molecule has 0 radical (unpaired) electrons. The molecule has 0 saturated carbocycles. The van der Waals surface area contributed by atoms with Gasteiger partial charge in [0.15, 0.2) is 0 Å². The number of hydrogen-bond acceptors (Lipinski definition) is 2. The second-order valence-corrected chi connectivity index (χ2v) is 3.14. The topological polar surface area (TPSA) is 21.6 Å². The van der Waals surface area contributed by atoms with Crippen molar-refractivity contribution in [3.63, 3.8) is 0 Å². The lowest BCUT2D eigenvalue weighted by molar-refractivity contribution is 0.131. The number of hydrogen-bond donors (Lipinski definition) is 0. The SMILES string of the molecule is CCC=NOCc1ccc(CC)cc1. The van der Waals surface area contributed by atoms with Gasteiger partial charge in [-0.15, -0.1) is 0 Å². The predicted molar refractivity (Wildman–Crippen MR) is 59.4 cm³/mol. The van der Waals surface area contributed by atoms with Gasteiger partial charge < -0.3 is 4.84 Å². The molecule has 0 fully saturated rings. The molecule has 1 aromatic rings. The first-order valence-corrected chi connectivity index (χ1v) is 5.08. The molecule has 0 amide bonds. The zero-order valence-corrected chi connectivity index (χ0v) is 8.86. The molecule has 2 nitrogen and oxygen atoms in total. The molecule has 0 aliphatic carbocycles. The standard InChI is InChI=1S/C12H17NO/c1-3-9-13-14-10-12-7-5-11(4-2)6-8-12/h5-9H,3-4,10H2,1-2H3. The number of aryl methyl sites for hydroxylation is 1. The number of nitrogens with zero attached hydrogens (tertiary/aromatic N) is 1. The van der Waals surface area contributed by atoms with E-state index in [-0.39, 0.29) is 0 Å². The molecule has 1 rings (SSSR count). The van der Waals surface area contributed by atoms with Crippen molar-refractivity contribution in [3.05, 3.63) is 35.4 Å². The highest BCUT2D eigenvalue weighted by atomic mass is 16.6. The Morgan fingerprint density at radius 1 is 1.14 bits per heavy atom. The van der Waals surface area contributed by atoms with Crippen LogP contribution in [0, 0.1) is 0 Å².